The minimum absolute atomic E-state index is 0.0241. The highest BCUT2D eigenvalue weighted by molar-refractivity contribution is 5.79. The molecule has 0 N–H and O–H groups in total. The molecule has 0 aliphatic carbocycles. The van der Waals surface area contributed by atoms with E-state index in [1.54, 1.807) is 6.21 Å². The van der Waals surface area contributed by atoms with Crippen LogP contribution in [0, 0.1) is 17.0 Å². The van der Waals surface area contributed by atoms with Gasteiger partial charge in [0.25, 0.3) is 5.69 Å². The minimum Gasteiger partial charge on any atom is -0.467 e. The number of benzene rings is 2. The van der Waals surface area contributed by atoms with Gasteiger partial charge in [0, 0.05) is 23.3 Å². The van der Waals surface area contributed by atoms with Crippen molar-refractivity contribution in [3.63, 3.8) is 0 Å². The second-order valence-corrected chi connectivity index (χ2v) is 5.38. The van der Waals surface area contributed by atoms with E-state index >= 15 is 0 Å². The maximum atomic E-state index is 11.0. The van der Waals surface area contributed by atoms with Gasteiger partial charge in [-0.15, -0.1) is 0 Å². The number of ether oxygens (including phenoxy) is 2. The van der Waals surface area contributed by atoms with Gasteiger partial charge < -0.3 is 14.3 Å². The quantitative estimate of drug-likeness (QED) is 0.477. The summed E-state index contributed by atoms with van der Waals surface area (Å²) in [5, 5.41) is 14.9. The fourth-order valence-corrected chi connectivity index (χ4v) is 2.35. The fraction of sp³-hybridized carbons (Fsp3) is 0.235. The van der Waals surface area contributed by atoms with Gasteiger partial charge in [-0.2, -0.15) is 0 Å². The third kappa shape index (κ3) is 3.69. The maximum absolute atomic E-state index is 11.0. The van der Waals surface area contributed by atoms with Crippen LogP contribution in [-0.2, 0) is 22.8 Å². The largest absolute Gasteiger partial charge is 0.467 e. The standard InChI is InChI=1S/C17H16N2O5/c1-12-2-4-13(5-3-12)8-18-24-10-15-7-16(19(20)21)6-14-9-22-11-23-17(14)15/h2-8H,9-11H2,1H3/b18-8-. The number of oxime groups is 1. The summed E-state index contributed by atoms with van der Waals surface area (Å²) >= 11 is 0. The number of nitro groups is 1. The number of aryl methyl sites for hydroxylation is 1. The first kappa shape index (κ1) is 15.9. The van der Waals surface area contributed by atoms with Crippen LogP contribution < -0.4 is 4.74 Å². The second kappa shape index (κ2) is 7.10. The summed E-state index contributed by atoms with van der Waals surface area (Å²) in [5.74, 6) is 0.567. The summed E-state index contributed by atoms with van der Waals surface area (Å²) in [6.07, 6.45) is 1.59. The molecule has 1 heterocycles. The van der Waals surface area contributed by atoms with Gasteiger partial charge in [0.2, 0.25) is 0 Å². The van der Waals surface area contributed by atoms with Crippen LogP contribution in [0.4, 0.5) is 5.69 Å². The van der Waals surface area contributed by atoms with Crippen molar-refractivity contribution in [2.75, 3.05) is 6.79 Å². The van der Waals surface area contributed by atoms with E-state index in [0.717, 1.165) is 11.1 Å². The van der Waals surface area contributed by atoms with E-state index in [0.29, 0.717) is 16.9 Å². The minimum atomic E-state index is -0.450. The average Bonchev–Trinajstić information content (AvgIpc) is 2.59. The molecule has 7 heteroatoms. The molecule has 0 saturated carbocycles. The fourth-order valence-electron chi connectivity index (χ4n) is 2.35. The maximum Gasteiger partial charge on any atom is 0.270 e. The van der Waals surface area contributed by atoms with Crippen LogP contribution in [0.1, 0.15) is 22.3 Å². The molecule has 2 aromatic carbocycles. The van der Waals surface area contributed by atoms with Crippen molar-refractivity contribution < 1.29 is 19.2 Å². The summed E-state index contributed by atoms with van der Waals surface area (Å²) in [5.41, 5.74) is 3.26. The van der Waals surface area contributed by atoms with Crippen molar-refractivity contribution in [1.29, 1.82) is 0 Å². The Morgan fingerprint density at radius 3 is 2.88 bits per heavy atom. The van der Waals surface area contributed by atoms with Gasteiger partial charge in [0.1, 0.15) is 12.4 Å². The van der Waals surface area contributed by atoms with Gasteiger partial charge in [-0.1, -0.05) is 35.0 Å². The molecule has 124 valence electrons. The van der Waals surface area contributed by atoms with Crippen molar-refractivity contribution in [2.24, 2.45) is 5.16 Å². The molecule has 0 saturated heterocycles. The first-order valence-corrected chi connectivity index (χ1v) is 7.36. The van der Waals surface area contributed by atoms with Crippen molar-refractivity contribution in [2.45, 2.75) is 20.1 Å². The predicted octanol–water partition coefficient (Wildman–Crippen LogP) is 3.32. The Hall–Kier alpha value is -2.93. The van der Waals surface area contributed by atoms with E-state index in [4.69, 9.17) is 14.3 Å². The van der Waals surface area contributed by atoms with Gasteiger partial charge in [0.05, 0.1) is 17.7 Å². The van der Waals surface area contributed by atoms with Crippen LogP contribution in [0.5, 0.6) is 5.75 Å². The van der Waals surface area contributed by atoms with Crippen LogP contribution in [-0.4, -0.2) is 17.9 Å². The molecule has 1 aliphatic heterocycles. The third-order valence-electron chi connectivity index (χ3n) is 3.56. The second-order valence-electron chi connectivity index (χ2n) is 5.38. The predicted molar refractivity (Wildman–Crippen MR) is 86.9 cm³/mol. The van der Waals surface area contributed by atoms with Crippen LogP contribution in [0.15, 0.2) is 41.6 Å². The van der Waals surface area contributed by atoms with E-state index in [9.17, 15) is 10.1 Å². The highest BCUT2D eigenvalue weighted by Gasteiger charge is 2.21. The number of nitro benzene ring substituents is 1. The van der Waals surface area contributed by atoms with E-state index in [1.807, 2.05) is 31.2 Å². The van der Waals surface area contributed by atoms with Gasteiger partial charge in [-0.05, 0) is 12.5 Å². The lowest BCUT2D eigenvalue weighted by Crippen LogP contribution is -2.13. The Morgan fingerprint density at radius 1 is 1.33 bits per heavy atom. The lowest BCUT2D eigenvalue weighted by Gasteiger charge is -2.19. The van der Waals surface area contributed by atoms with E-state index in [2.05, 4.69) is 5.16 Å². The number of fused-ring (bicyclic) bond motifs is 1. The molecular weight excluding hydrogens is 312 g/mol. The highest BCUT2D eigenvalue weighted by atomic mass is 16.7. The van der Waals surface area contributed by atoms with Crippen molar-refractivity contribution in [1.82, 2.24) is 0 Å². The van der Waals surface area contributed by atoms with Gasteiger partial charge in [-0.3, -0.25) is 10.1 Å². The van der Waals surface area contributed by atoms with Gasteiger partial charge >= 0.3 is 0 Å². The van der Waals surface area contributed by atoms with Gasteiger partial charge in [-0.25, -0.2) is 0 Å². The molecule has 0 aromatic heterocycles. The van der Waals surface area contributed by atoms with Crippen LogP contribution in [0.25, 0.3) is 0 Å². The Morgan fingerprint density at radius 2 is 2.12 bits per heavy atom. The molecule has 0 unspecified atom stereocenters. The Labute approximate surface area is 138 Å². The molecule has 0 radical (unpaired) electrons. The lowest BCUT2D eigenvalue weighted by atomic mass is 10.1. The average molecular weight is 328 g/mol. The molecule has 7 nitrogen and oxygen atoms in total. The Balaban J connectivity index is 1.73. The zero-order chi connectivity index (χ0) is 16.9. The van der Waals surface area contributed by atoms with Crippen molar-refractivity contribution in [3.8, 4) is 5.75 Å². The van der Waals surface area contributed by atoms with Crippen molar-refractivity contribution in [3.05, 3.63) is 68.8 Å². The van der Waals surface area contributed by atoms with Crippen LogP contribution >= 0.6 is 0 Å². The third-order valence-corrected chi connectivity index (χ3v) is 3.56. The molecule has 0 amide bonds. The zero-order valence-electron chi connectivity index (χ0n) is 13.1. The number of rotatable bonds is 5. The molecule has 3 rings (SSSR count). The highest BCUT2D eigenvalue weighted by Crippen LogP contribution is 2.33. The Bertz CT molecular complexity index is 771. The lowest BCUT2D eigenvalue weighted by molar-refractivity contribution is -0.385. The molecule has 2 aromatic rings. The summed E-state index contributed by atoms with van der Waals surface area (Å²) < 4.78 is 10.6. The summed E-state index contributed by atoms with van der Waals surface area (Å²) in [6, 6.07) is 10.7. The van der Waals surface area contributed by atoms with Crippen LogP contribution in [0.2, 0.25) is 0 Å². The monoisotopic (exact) mass is 328 g/mol. The zero-order valence-corrected chi connectivity index (χ0v) is 13.1. The SMILES string of the molecule is Cc1ccc(/C=N\OCc2cc([N+](=O)[O-])cc3c2OCOC3)cc1. The Kier molecular flexibility index (Phi) is 4.72. The smallest absolute Gasteiger partial charge is 0.270 e. The first-order valence-electron chi connectivity index (χ1n) is 7.36. The molecular formula is C17H16N2O5. The number of hydrogen-bond acceptors (Lipinski definition) is 6. The van der Waals surface area contributed by atoms with Crippen molar-refractivity contribution >= 4 is 11.9 Å². The molecule has 1 aliphatic rings. The number of nitrogens with zero attached hydrogens (tertiary/aromatic N) is 2. The molecule has 0 fully saturated rings. The first-order chi connectivity index (χ1) is 11.6. The molecule has 24 heavy (non-hydrogen) atoms. The molecule has 0 atom stereocenters. The summed E-state index contributed by atoms with van der Waals surface area (Å²) in [6.45, 7) is 2.47. The molecule has 0 bridgehead atoms. The van der Waals surface area contributed by atoms with Gasteiger partial charge in [0.15, 0.2) is 6.79 Å². The van der Waals surface area contributed by atoms with E-state index < -0.39 is 4.92 Å². The normalized spacial score (nSPS) is 13.4. The van der Waals surface area contributed by atoms with E-state index in [1.165, 1.54) is 12.1 Å². The summed E-state index contributed by atoms with van der Waals surface area (Å²) in [4.78, 5) is 15.9. The van der Waals surface area contributed by atoms with Crippen LogP contribution in [0.3, 0.4) is 0 Å². The summed E-state index contributed by atoms with van der Waals surface area (Å²) in [7, 11) is 0. The number of hydrogen-bond donors (Lipinski definition) is 0. The molecule has 0 spiro atoms. The van der Waals surface area contributed by atoms with E-state index in [-0.39, 0.29) is 25.7 Å². The number of non-ortho nitro benzene ring substituents is 1. The topological polar surface area (TPSA) is 83.2 Å².